The monoisotopic (exact) mass is 160 g/mol. The highest BCUT2D eigenvalue weighted by molar-refractivity contribution is 5.19. The lowest BCUT2D eigenvalue weighted by atomic mass is 10.0. The lowest BCUT2D eigenvalue weighted by Gasteiger charge is -2.03. The molecular weight excluding hydrogens is 144 g/mol. The van der Waals surface area contributed by atoms with Gasteiger partial charge in [0.25, 0.3) is 0 Å². The molecule has 64 valence electrons. The van der Waals surface area contributed by atoms with E-state index in [0.29, 0.717) is 0 Å². The largest absolute Gasteiger partial charge is 0.0465 e. The molecule has 5 saturated carbocycles. The van der Waals surface area contributed by atoms with Crippen molar-refractivity contribution in [3.05, 3.63) is 0 Å². The van der Waals surface area contributed by atoms with E-state index >= 15 is 0 Å². The predicted molar refractivity (Wildman–Crippen MR) is 46.4 cm³/mol. The second kappa shape index (κ2) is 1.40. The van der Waals surface area contributed by atoms with E-state index in [2.05, 4.69) is 0 Å². The van der Waals surface area contributed by atoms with E-state index in [1.807, 2.05) is 0 Å². The first-order valence-electron chi connectivity index (χ1n) is 5.93. The Morgan fingerprint density at radius 2 is 0.500 bits per heavy atom. The third kappa shape index (κ3) is 0.506. The van der Waals surface area contributed by atoms with Crippen molar-refractivity contribution in [1.29, 1.82) is 0 Å². The first kappa shape index (κ1) is 5.67. The fourth-order valence-corrected chi connectivity index (χ4v) is 4.88. The van der Waals surface area contributed by atoms with Crippen LogP contribution in [-0.4, -0.2) is 0 Å². The van der Waals surface area contributed by atoms with Crippen molar-refractivity contribution in [3.63, 3.8) is 0 Å². The summed E-state index contributed by atoms with van der Waals surface area (Å²) in [6.45, 7) is 0. The smallest absolute Gasteiger partial charge is 0.0349 e. The summed E-state index contributed by atoms with van der Waals surface area (Å²) in [5.74, 6) is 10.0. The summed E-state index contributed by atoms with van der Waals surface area (Å²) in [7, 11) is 0. The van der Waals surface area contributed by atoms with Crippen LogP contribution in [0.1, 0.15) is 25.7 Å². The van der Waals surface area contributed by atoms with E-state index in [0.717, 1.165) is 0 Å². The van der Waals surface area contributed by atoms with Crippen LogP contribution < -0.4 is 0 Å². The molecule has 0 aromatic rings. The van der Waals surface area contributed by atoms with Crippen molar-refractivity contribution in [3.8, 4) is 0 Å². The molecule has 0 heteroatoms. The van der Waals surface area contributed by atoms with Crippen molar-refractivity contribution >= 4 is 0 Å². The van der Waals surface area contributed by atoms with Crippen molar-refractivity contribution in [1.82, 2.24) is 0 Å². The molecule has 5 aliphatic carbocycles. The molecule has 0 atom stereocenters. The molecule has 0 saturated heterocycles. The Labute approximate surface area is 73.7 Å². The Bertz CT molecular complexity index is 173. The van der Waals surface area contributed by atoms with E-state index in [9.17, 15) is 0 Å². The quantitative estimate of drug-likeness (QED) is 0.478. The molecule has 0 bridgehead atoms. The van der Waals surface area contributed by atoms with E-state index in [-0.39, 0.29) is 0 Å². The Morgan fingerprint density at radius 1 is 0.333 bits per heavy atom. The van der Waals surface area contributed by atoms with Gasteiger partial charge in [0, 0.05) is 0 Å². The molecule has 5 aliphatic rings. The number of fused-ring (bicyclic) bond motifs is 8. The number of rotatable bonds is 0. The minimum absolute atomic E-state index is 1.26. The molecule has 0 amide bonds. The maximum Gasteiger partial charge on any atom is -0.0349 e. The topological polar surface area (TPSA) is 0 Å². The van der Waals surface area contributed by atoms with Gasteiger partial charge in [-0.05, 0) is 73.0 Å². The lowest BCUT2D eigenvalue weighted by molar-refractivity contribution is 0.434. The fraction of sp³-hybridized carbons (Fsp3) is 1.00. The van der Waals surface area contributed by atoms with Crippen molar-refractivity contribution in [2.24, 2.45) is 47.3 Å². The Hall–Kier alpha value is 0. The Morgan fingerprint density at radius 3 is 0.667 bits per heavy atom. The lowest BCUT2D eigenvalue weighted by Crippen LogP contribution is -2.00. The maximum atomic E-state index is 1.65. The summed E-state index contributed by atoms with van der Waals surface area (Å²) < 4.78 is 0. The molecule has 5 fully saturated rings. The summed E-state index contributed by atoms with van der Waals surface area (Å²) in [5, 5.41) is 0. The van der Waals surface area contributed by atoms with Gasteiger partial charge in [0.1, 0.15) is 0 Å². The molecule has 5 rings (SSSR count). The van der Waals surface area contributed by atoms with E-state index < -0.39 is 0 Å². The molecule has 0 aromatic heterocycles. The van der Waals surface area contributed by atoms with E-state index in [1.165, 1.54) is 47.3 Å². The molecule has 0 nitrogen and oxygen atoms in total. The van der Waals surface area contributed by atoms with Gasteiger partial charge in [0.05, 0.1) is 0 Å². The van der Waals surface area contributed by atoms with E-state index in [1.54, 1.807) is 25.7 Å². The van der Waals surface area contributed by atoms with Crippen LogP contribution >= 0.6 is 0 Å². The molecule has 12 heavy (non-hydrogen) atoms. The Balaban J connectivity index is 1.57. The highest BCUT2D eigenvalue weighted by atomic mass is 14.8. The van der Waals surface area contributed by atoms with Gasteiger partial charge in [0.15, 0.2) is 0 Å². The van der Waals surface area contributed by atoms with Gasteiger partial charge in [0.2, 0.25) is 0 Å². The fourth-order valence-electron chi connectivity index (χ4n) is 4.88. The van der Waals surface area contributed by atoms with Gasteiger partial charge in [-0.15, -0.1) is 0 Å². The van der Waals surface area contributed by atoms with Crippen molar-refractivity contribution < 1.29 is 0 Å². The van der Waals surface area contributed by atoms with Crippen LogP contribution in [0.5, 0.6) is 0 Å². The van der Waals surface area contributed by atoms with Crippen LogP contribution in [-0.2, 0) is 0 Å². The normalized spacial score (nSPS) is 80.0. The molecule has 0 aliphatic heterocycles. The second-order valence-electron chi connectivity index (χ2n) is 6.25. The first-order chi connectivity index (χ1) is 5.93. The number of hydrogen-bond acceptors (Lipinski definition) is 0. The highest BCUT2D eigenvalue weighted by Crippen LogP contribution is 2.77. The van der Waals surface area contributed by atoms with Gasteiger partial charge in [-0.1, -0.05) is 0 Å². The third-order valence-corrected chi connectivity index (χ3v) is 5.76. The zero-order chi connectivity index (χ0) is 7.45. The van der Waals surface area contributed by atoms with Gasteiger partial charge in [-0.25, -0.2) is 0 Å². The third-order valence-electron chi connectivity index (χ3n) is 5.76. The average Bonchev–Trinajstić information content (AvgIpc) is 2.81. The molecular formula is C12H16. The molecule has 0 heterocycles. The van der Waals surface area contributed by atoms with Crippen LogP contribution in [0.25, 0.3) is 0 Å². The van der Waals surface area contributed by atoms with Crippen molar-refractivity contribution in [2.75, 3.05) is 0 Å². The van der Waals surface area contributed by atoms with Crippen LogP contribution in [0.15, 0.2) is 0 Å². The summed E-state index contributed by atoms with van der Waals surface area (Å²) in [4.78, 5) is 0. The van der Waals surface area contributed by atoms with Gasteiger partial charge in [-0.3, -0.25) is 0 Å². The summed E-state index contributed by atoms with van der Waals surface area (Å²) >= 11 is 0. The standard InChI is InChI=1S/C12H16/c1-5-6(1)8-3-10(8)12-4-11(12)9-2-7(5)9/h5-12H,1-4H2. The zero-order valence-corrected chi connectivity index (χ0v) is 7.45. The second-order valence-corrected chi connectivity index (χ2v) is 6.25. The summed E-state index contributed by atoms with van der Waals surface area (Å²) in [6.07, 6.45) is 6.62. The van der Waals surface area contributed by atoms with Crippen LogP contribution in [0.2, 0.25) is 0 Å². The SMILES string of the molecule is C1C2C1C1CC1C1CC1C1CC21. The molecule has 0 aromatic carbocycles. The maximum absolute atomic E-state index is 1.65. The van der Waals surface area contributed by atoms with Gasteiger partial charge < -0.3 is 0 Å². The molecule has 0 radical (unpaired) electrons. The number of hydrogen-bond donors (Lipinski definition) is 0. The van der Waals surface area contributed by atoms with Crippen LogP contribution in [0.3, 0.4) is 0 Å². The van der Waals surface area contributed by atoms with Crippen LogP contribution in [0.4, 0.5) is 0 Å². The highest BCUT2D eigenvalue weighted by Gasteiger charge is 2.70. The first-order valence-corrected chi connectivity index (χ1v) is 5.93. The zero-order valence-electron chi connectivity index (χ0n) is 7.45. The molecule has 0 unspecified atom stereocenters. The minimum atomic E-state index is 1.26. The van der Waals surface area contributed by atoms with Gasteiger partial charge in [-0.2, -0.15) is 0 Å². The Kier molecular flexibility index (Phi) is 0.663. The van der Waals surface area contributed by atoms with E-state index in [4.69, 9.17) is 0 Å². The van der Waals surface area contributed by atoms with Crippen molar-refractivity contribution in [2.45, 2.75) is 25.7 Å². The molecule has 0 N–H and O–H groups in total. The minimum Gasteiger partial charge on any atom is -0.0465 e. The summed E-state index contributed by atoms with van der Waals surface area (Å²) in [6, 6.07) is 0. The summed E-state index contributed by atoms with van der Waals surface area (Å²) in [5.41, 5.74) is 0. The average molecular weight is 160 g/mol. The molecule has 0 spiro atoms. The predicted octanol–water partition coefficient (Wildman–Crippen LogP) is 2.54. The van der Waals surface area contributed by atoms with Crippen LogP contribution in [0, 0.1) is 47.3 Å². The van der Waals surface area contributed by atoms with Gasteiger partial charge >= 0.3 is 0 Å².